The number of nitrogens with one attached hydrogen (secondary N) is 1. The van der Waals surface area contributed by atoms with Gasteiger partial charge in [0, 0.05) is 48.6 Å². The Morgan fingerprint density at radius 1 is 1.14 bits per heavy atom. The summed E-state index contributed by atoms with van der Waals surface area (Å²) >= 11 is 0. The lowest BCUT2D eigenvalue weighted by atomic mass is 9.92. The minimum Gasteiger partial charge on any atom is -0.493 e. The number of benzene rings is 3. The van der Waals surface area contributed by atoms with E-state index in [4.69, 9.17) is 25.6 Å². The Kier molecular flexibility index (Phi) is 7.80. The molecular formula is C37H35F4N5O4. The normalized spacial score (nSPS) is 26.0. The zero-order chi connectivity index (χ0) is 34.9. The van der Waals surface area contributed by atoms with Gasteiger partial charge in [0.25, 0.3) is 6.47 Å². The molecule has 8 rings (SSSR count). The fourth-order valence-corrected chi connectivity index (χ4v) is 8.78. The Bertz CT molecular complexity index is 2110. The molecule has 0 radical (unpaired) electrons. The van der Waals surface area contributed by atoms with Gasteiger partial charge in [-0.25, -0.2) is 17.6 Å². The van der Waals surface area contributed by atoms with Crippen molar-refractivity contribution in [2.24, 2.45) is 0 Å². The number of rotatable bonds is 8. The largest absolute Gasteiger partial charge is 0.493 e. The van der Waals surface area contributed by atoms with E-state index < -0.39 is 34.7 Å². The molecule has 260 valence electrons. The average Bonchev–Trinajstić information content (AvgIpc) is 3.71. The van der Waals surface area contributed by atoms with Crippen molar-refractivity contribution in [1.29, 1.82) is 0 Å². The van der Waals surface area contributed by atoms with Crippen molar-refractivity contribution < 1.29 is 36.6 Å². The van der Waals surface area contributed by atoms with Gasteiger partial charge in [-0.2, -0.15) is 9.97 Å². The van der Waals surface area contributed by atoms with E-state index in [0.717, 1.165) is 38.3 Å². The van der Waals surface area contributed by atoms with Gasteiger partial charge in [0.1, 0.15) is 35.7 Å². The number of alkyl halides is 1. The molecule has 4 aromatic rings. The van der Waals surface area contributed by atoms with Crippen LogP contribution in [0.4, 0.5) is 23.4 Å². The summed E-state index contributed by atoms with van der Waals surface area (Å²) in [7, 11) is 1.26. The zero-order valence-electron chi connectivity index (χ0n) is 27.6. The van der Waals surface area contributed by atoms with Gasteiger partial charge < -0.3 is 24.4 Å². The van der Waals surface area contributed by atoms with E-state index in [0.29, 0.717) is 26.1 Å². The van der Waals surface area contributed by atoms with Crippen LogP contribution in [0.2, 0.25) is 0 Å². The second-order valence-corrected chi connectivity index (χ2v) is 14.1. The highest BCUT2D eigenvalue weighted by atomic mass is 19.1. The first kappa shape index (κ1) is 32.5. The molecule has 1 aromatic heterocycles. The van der Waals surface area contributed by atoms with E-state index in [9.17, 15) is 9.18 Å². The highest BCUT2D eigenvalue weighted by molar-refractivity contribution is 6.06. The van der Waals surface area contributed by atoms with Crippen molar-refractivity contribution >= 4 is 34.0 Å². The van der Waals surface area contributed by atoms with Gasteiger partial charge in [0.05, 0.1) is 29.2 Å². The summed E-state index contributed by atoms with van der Waals surface area (Å²) in [5, 5.41) is 3.95. The van der Waals surface area contributed by atoms with Crippen molar-refractivity contribution in [1.82, 2.24) is 20.2 Å². The molecule has 2 bridgehead atoms. The number of hydrogen-bond acceptors (Lipinski definition) is 9. The monoisotopic (exact) mass is 689 g/mol. The molecule has 1 N–H and O–H groups in total. The van der Waals surface area contributed by atoms with E-state index >= 15 is 13.2 Å². The Balaban J connectivity index is 1.37. The van der Waals surface area contributed by atoms with E-state index in [1.807, 2.05) is 4.90 Å². The number of terminal acetylenes is 1. The summed E-state index contributed by atoms with van der Waals surface area (Å²) in [5.41, 5.74) is -2.10. The van der Waals surface area contributed by atoms with Crippen molar-refractivity contribution in [3.8, 4) is 41.0 Å². The van der Waals surface area contributed by atoms with E-state index in [2.05, 4.69) is 28.0 Å². The van der Waals surface area contributed by atoms with Crippen LogP contribution in [0.25, 0.3) is 32.8 Å². The van der Waals surface area contributed by atoms with Gasteiger partial charge in [-0.3, -0.25) is 9.69 Å². The molecule has 13 heteroatoms. The number of nitrogens with zero attached hydrogens (tertiary/aromatic N) is 4. The Morgan fingerprint density at radius 3 is 2.74 bits per heavy atom. The van der Waals surface area contributed by atoms with Crippen LogP contribution in [0.3, 0.4) is 0 Å². The topological polar surface area (TPSA) is 89.0 Å². The molecule has 4 atom stereocenters. The summed E-state index contributed by atoms with van der Waals surface area (Å²) in [6, 6.07) is 5.12. The SMILES string of the molecule is C#Cc1c(F)ccc2cc(OC=O)cc(-c3c(F)c(OC)c4c(N5CC6CCC(C)(C5)N6)nc(OC[C@@]56CCCN5C[C@H](F)C6)nc4c3F)c12. The molecule has 9 nitrogen and oxygen atoms in total. The third-order valence-corrected chi connectivity index (χ3v) is 10.9. The minimum atomic E-state index is -1.10. The fraction of sp³-hybridized carbons (Fsp3) is 0.432. The summed E-state index contributed by atoms with van der Waals surface area (Å²) < 4.78 is 81.0. The van der Waals surface area contributed by atoms with Crippen LogP contribution in [-0.4, -0.2) is 84.5 Å². The second-order valence-electron chi connectivity index (χ2n) is 14.1. The summed E-state index contributed by atoms with van der Waals surface area (Å²) in [4.78, 5) is 24.7. The molecular weight excluding hydrogens is 654 g/mol. The molecule has 0 saturated carbocycles. The average molecular weight is 690 g/mol. The number of piperazine rings is 1. The zero-order valence-corrected chi connectivity index (χ0v) is 27.6. The number of hydrogen-bond donors (Lipinski definition) is 1. The molecule has 0 aliphatic carbocycles. The number of carbonyl (C=O) groups excluding carboxylic acids is 1. The van der Waals surface area contributed by atoms with Crippen LogP contribution < -0.4 is 24.4 Å². The van der Waals surface area contributed by atoms with Crippen LogP contribution >= 0.6 is 0 Å². The highest BCUT2D eigenvalue weighted by Gasteiger charge is 2.49. The van der Waals surface area contributed by atoms with E-state index in [1.165, 1.54) is 25.3 Å². The Labute approximate surface area is 285 Å². The van der Waals surface area contributed by atoms with Crippen molar-refractivity contribution in [3.05, 3.63) is 47.3 Å². The standard InChI is InChI=1S/C37H35F4N5O4/c1-4-24-26(39)7-6-20-12-23(50-19-47)13-25(27(20)24)28-30(40)32-29(33(48-3)31(28)41)34(45-16-22-8-10-36(2,17-45)44-22)43-35(42-32)49-18-37-9-5-11-46(37)15-21(38)14-37/h1,6-7,12-13,19,21-22,44H,5,8-11,14-18H2,2-3H3/t21-,22?,36?,37+/m1/s1. The maximum Gasteiger partial charge on any atom is 0.319 e. The summed E-state index contributed by atoms with van der Waals surface area (Å²) in [6.45, 7) is 4.44. The third-order valence-electron chi connectivity index (χ3n) is 10.9. The first-order valence-corrected chi connectivity index (χ1v) is 16.7. The summed E-state index contributed by atoms with van der Waals surface area (Å²) in [6.07, 6.45) is 8.51. The molecule has 2 unspecified atom stereocenters. The number of ether oxygens (including phenoxy) is 3. The molecule has 0 amide bonds. The smallest absolute Gasteiger partial charge is 0.319 e. The Morgan fingerprint density at radius 2 is 1.98 bits per heavy atom. The van der Waals surface area contributed by atoms with E-state index in [-0.39, 0.29) is 80.8 Å². The maximum absolute atomic E-state index is 17.3. The van der Waals surface area contributed by atoms with Gasteiger partial charge in [-0.05, 0) is 62.7 Å². The minimum absolute atomic E-state index is 0.00167. The van der Waals surface area contributed by atoms with Crippen molar-refractivity contribution in [2.75, 3.05) is 44.8 Å². The van der Waals surface area contributed by atoms with Crippen LogP contribution in [0.15, 0.2) is 24.3 Å². The summed E-state index contributed by atoms with van der Waals surface area (Å²) in [5.74, 6) is -0.820. The first-order chi connectivity index (χ1) is 24.1. The fourth-order valence-electron chi connectivity index (χ4n) is 8.78. The highest BCUT2D eigenvalue weighted by Crippen LogP contribution is 2.47. The number of aromatic nitrogens is 2. The maximum atomic E-state index is 17.3. The molecule has 4 aliphatic heterocycles. The predicted molar refractivity (Wildman–Crippen MR) is 179 cm³/mol. The van der Waals surface area contributed by atoms with Gasteiger partial charge in [0.15, 0.2) is 17.4 Å². The van der Waals surface area contributed by atoms with Gasteiger partial charge in [-0.1, -0.05) is 12.0 Å². The number of fused-ring (bicyclic) bond motifs is 5. The molecule has 3 aromatic carbocycles. The van der Waals surface area contributed by atoms with Crippen LogP contribution in [0.5, 0.6) is 17.5 Å². The quantitative estimate of drug-likeness (QED) is 0.143. The lowest BCUT2D eigenvalue weighted by Crippen LogP contribution is -2.58. The molecule has 50 heavy (non-hydrogen) atoms. The third kappa shape index (κ3) is 5.10. The van der Waals surface area contributed by atoms with Gasteiger partial charge in [-0.15, -0.1) is 6.42 Å². The predicted octanol–water partition coefficient (Wildman–Crippen LogP) is 5.68. The van der Waals surface area contributed by atoms with Gasteiger partial charge >= 0.3 is 6.01 Å². The molecule has 4 fully saturated rings. The molecule has 0 spiro atoms. The van der Waals surface area contributed by atoms with Crippen molar-refractivity contribution in [2.45, 2.75) is 62.3 Å². The van der Waals surface area contributed by atoms with Gasteiger partial charge in [0.2, 0.25) is 0 Å². The number of halogens is 4. The number of methoxy groups -OCH3 is 1. The lowest BCUT2D eigenvalue weighted by Gasteiger charge is -2.40. The second kappa shape index (κ2) is 12.0. The number of anilines is 1. The van der Waals surface area contributed by atoms with Crippen molar-refractivity contribution in [3.63, 3.8) is 0 Å². The van der Waals surface area contributed by atoms with Crippen LogP contribution in [0.1, 0.15) is 44.6 Å². The molecule has 5 heterocycles. The lowest BCUT2D eigenvalue weighted by molar-refractivity contribution is -0.120. The molecule has 4 aliphatic rings. The number of carbonyl (C=O) groups is 1. The van der Waals surface area contributed by atoms with E-state index in [1.54, 1.807) is 0 Å². The van der Waals surface area contributed by atoms with Crippen LogP contribution in [-0.2, 0) is 4.79 Å². The Hall–Kier alpha value is -4.67. The first-order valence-electron chi connectivity index (χ1n) is 16.7. The molecule has 4 saturated heterocycles. The van der Waals surface area contributed by atoms with Crippen LogP contribution in [0, 0.1) is 29.8 Å².